The van der Waals surface area contributed by atoms with E-state index in [1.807, 2.05) is 0 Å². The highest BCUT2D eigenvalue weighted by molar-refractivity contribution is 5.99. The van der Waals surface area contributed by atoms with Crippen LogP contribution in [0.3, 0.4) is 0 Å². The molecule has 4 rings (SSSR count). The summed E-state index contributed by atoms with van der Waals surface area (Å²) in [5, 5.41) is 59.9. The van der Waals surface area contributed by atoms with Gasteiger partial charge in [0.05, 0.1) is 6.42 Å². The van der Waals surface area contributed by atoms with Crippen molar-refractivity contribution in [2.45, 2.75) is 165 Å². The van der Waals surface area contributed by atoms with Crippen molar-refractivity contribution in [3.63, 3.8) is 0 Å². The second-order valence-corrected chi connectivity index (χ2v) is 19.0. The number of nitrogens with one attached hydrogen (secondary N) is 5. The normalized spacial score (nSPS) is 19.5. The number of carboxylic acid groups (broad SMARTS) is 5. The number of carbonyl (C=O) groups is 13. The van der Waals surface area contributed by atoms with E-state index < -0.39 is 183 Å². The number of carboxylic acids is 5. The molecular formula is C49H68N8O18. The third-order valence-electron chi connectivity index (χ3n) is 13.6. The Hall–Kier alpha value is -7.67. The third-order valence-corrected chi connectivity index (χ3v) is 13.6. The maximum Gasteiger partial charge on any atom is 0.326 e. The largest absolute Gasteiger partial charge is 0.481 e. The summed E-state index contributed by atoms with van der Waals surface area (Å²) in [4.78, 5) is 173. The van der Waals surface area contributed by atoms with E-state index in [1.165, 1.54) is 9.80 Å². The lowest BCUT2D eigenvalue weighted by Gasteiger charge is -2.34. The minimum Gasteiger partial charge on any atom is -0.481 e. The van der Waals surface area contributed by atoms with Crippen LogP contribution in [0.25, 0.3) is 0 Å². The predicted molar refractivity (Wildman–Crippen MR) is 259 cm³/mol. The molecule has 10 N–H and O–H groups in total. The predicted octanol–water partition coefficient (Wildman–Crippen LogP) is -0.784. The van der Waals surface area contributed by atoms with E-state index in [9.17, 15) is 82.8 Å². The standard InChI is InChI=1S/C49H68N8O18/c1-3-27(2)41(48(73)56-24-8-12-33(56)44(69)51-29(15-19-37(59)60)42(67)52-31(17-21-39(63)64)47(72)57-25-9-14-35(57)49(74)75)54-45(70)34-13-7-23-55(34)46(71)30(16-20-38(61)62)53-43(68)32(26-28-10-5-4-6-11-28)50-36(58)18-22-40(65)66/h4-6,10-11,27,29-35,41H,3,7-9,12-26H2,1-2H3,(H,50,58)(H,51,69)(H,52,67)(H,53,68)(H,54,70)(H,59,60)(H,61,62)(H,63,64)(H,65,66)(H,74,75). The van der Waals surface area contributed by atoms with E-state index in [2.05, 4.69) is 26.6 Å². The maximum absolute atomic E-state index is 14.5. The van der Waals surface area contributed by atoms with Gasteiger partial charge in [-0.2, -0.15) is 0 Å². The number of carbonyl (C=O) groups excluding carboxylic acids is 8. The second kappa shape index (κ2) is 28.7. The summed E-state index contributed by atoms with van der Waals surface area (Å²) >= 11 is 0. The molecule has 3 saturated heterocycles. The van der Waals surface area contributed by atoms with Crippen molar-refractivity contribution in [2.24, 2.45) is 5.92 Å². The number of hydrogen-bond donors (Lipinski definition) is 10. The van der Waals surface area contributed by atoms with Gasteiger partial charge in [-0.05, 0) is 69.3 Å². The molecule has 26 nitrogen and oxygen atoms in total. The highest BCUT2D eigenvalue weighted by Gasteiger charge is 2.44. The first-order chi connectivity index (χ1) is 35.5. The molecule has 8 amide bonds. The van der Waals surface area contributed by atoms with E-state index in [0.29, 0.717) is 24.8 Å². The molecular weight excluding hydrogens is 989 g/mol. The molecule has 75 heavy (non-hydrogen) atoms. The van der Waals surface area contributed by atoms with Gasteiger partial charge in [-0.3, -0.25) is 57.5 Å². The number of aliphatic carboxylic acids is 5. The summed E-state index contributed by atoms with van der Waals surface area (Å²) in [6, 6.07) is -2.55. The molecule has 0 bridgehead atoms. The molecule has 0 radical (unpaired) electrons. The maximum atomic E-state index is 14.5. The molecule has 412 valence electrons. The molecule has 1 aromatic rings. The zero-order chi connectivity index (χ0) is 55.5. The van der Waals surface area contributed by atoms with Crippen molar-refractivity contribution in [3.05, 3.63) is 35.9 Å². The van der Waals surface area contributed by atoms with Crippen LogP contribution in [-0.4, -0.2) is 185 Å². The second-order valence-electron chi connectivity index (χ2n) is 19.0. The molecule has 9 atom stereocenters. The van der Waals surface area contributed by atoms with Gasteiger partial charge in [-0.15, -0.1) is 0 Å². The summed E-state index contributed by atoms with van der Waals surface area (Å²) in [5.74, 6) is -13.8. The summed E-state index contributed by atoms with van der Waals surface area (Å²) in [7, 11) is 0. The van der Waals surface area contributed by atoms with E-state index in [4.69, 9.17) is 5.11 Å². The molecule has 26 heteroatoms. The first-order valence-electron chi connectivity index (χ1n) is 25.1. The summed E-state index contributed by atoms with van der Waals surface area (Å²) in [5.41, 5.74) is 0.598. The number of rotatable bonds is 29. The average Bonchev–Trinajstić information content (AvgIpc) is 4.18. The van der Waals surface area contributed by atoms with Gasteiger partial charge in [-0.25, -0.2) is 4.79 Å². The number of nitrogens with zero attached hydrogens (tertiary/aromatic N) is 3. The lowest BCUT2D eigenvalue weighted by atomic mass is 9.96. The molecule has 0 saturated carbocycles. The van der Waals surface area contributed by atoms with Crippen molar-refractivity contribution < 1.29 is 87.9 Å². The lowest BCUT2D eigenvalue weighted by Crippen LogP contribution is -2.60. The Morgan fingerprint density at radius 3 is 1.40 bits per heavy atom. The lowest BCUT2D eigenvalue weighted by molar-refractivity contribution is -0.150. The van der Waals surface area contributed by atoms with Crippen LogP contribution in [0, 0.1) is 5.92 Å². The third kappa shape index (κ3) is 17.8. The molecule has 3 heterocycles. The fraction of sp³-hybridized carbons (Fsp3) is 0.612. The topological polar surface area (TPSA) is 393 Å². The Morgan fingerprint density at radius 2 is 0.933 bits per heavy atom. The monoisotopic (exact) mass is 1060 g/mol. The Morgan fingerprint density at radius 1 is 0.507 bits per heavy atom. The van der Waals surface area contributed by atoms with Crippen molar-refractivity contribution in [2.75, 3.05) is 19.6 Å². The number of hydrogen-bond acceptors (Lipinski definition) is 13. The van der Waals surface area contributed by atoms with Gasteiger partial charge in [-0.1, -0.05) is 50.6 Å². The van der Waals surface area contributed by atoms with E-state index in [1.54, 1.807) is 44.2 Å². The number of benzene rings is 1. The molecule has 0 aliphatic carbocycles. The zero-order valence-electron chi connectivity index (χ0n) is 41.9. The first-order valence-corrected chi connectivity index (χ1v) is 25.1. The summed E-state index contributed by atoms with van der Waals surface area (Å²) in [6.45, 7) is 3.45. The molecule has 3 aliphatic rings. The van der Waals surface area contributed by atoms with Crippen LogP contribution >= 0.6 is 0 Å². The molecule has 3 aliphatic heterocycles. The smallest absolute Gasteiger partial charge is 0.326 e. The Kier molecular flexibility index (Phi) is 22.9. The Labute approximate surface area is 431 Å². The van der Waals surface area contributed by atoms with Crippen LogP contribution in [0.4, 0.5) is 0 Å². The molecule has 1 aromatic carbocycles. The number of likely N-dealkylation sites (tertiary alicyclic amines) is 3. The van der Waals surface area contributed by atoms with Crippen LogP contribution in [0.5, 0.6) is 0 Å². The molecule has 0 aromatic heterocycles. The fourth-order valence-electron chi connectivity index (χ4n) is 9.35. The van der Waals surface area contributed by atoms with E-state index in [0.717, 1.165) is 4.90 Å². The first kappa shape index (κ1) is 59.9. The highest BCUT2D eigenvalue weighted by Crippen LogP contribution is 2.25. The van der Waals surface area contributed by atoms with Crippen molar-refractivity contribution >= 4 is 77.1 Å². The molecule has 3 fully saturated rings. The summed E-state index contributed by atoms with van der Waals surface area (Å²) in [6.07, 6.45) is -2.75. The van der Waals surface area contributed by atoms with Gasteiger partial charge in [0.15, 0.2) is 0 Å². The van der Waals surface area contributed by atoms with Crippen LogP contribution in [0.15, 0.2) is 30.3 Å². The van der Waals surface area contributed by atoms with E-state index >= 15 is 0 Å². The molecule has 0 spiro atoms. The highest BCUT2D eigenvalue weighted by atomic mass is 16.4. The zero-order valence-corrected chi connectivity index (χ0v) is 41.9. The van der Waals surface area contributed by atoms with Crippen LogP contribution < -0.4 is 26.6 Å². The van der Waals surface area contributed by atoms with Gasteiger partial charge in [0.2, 0.25) is 47.3 Å². The van der Waals surface area contributed by atoms with E-state index in [-0.39, 0.29) is 51.7 Å². The van der Waals surface area contributed by atoms with Crippen molar-refractivity contribution in [3.8, 4) is 0 Å². The van der Waals surface area contributed by atoms with Gasteiger partial charge >= 0.3 is 29.8 Å². The average molecular weight is 1060 g/mol. The van der Waals surface area contributed by atoms with Gasteiger partial charge in [0, 0.05) is 51.7 Å². The summed E-state index contributed by atoms with van der Waals surface area (Å²) < 4.78 is 0. The van der Waals surface area contributed by atoms with Crippen molar-refractivity contribution in [1.29, 1.82) is 0 Å². The van der Waals surface area contributed by atoms with Gasteiger partial charge in [0.25, 0.3) is 0 Å². The minimum absolute atomic E-state index is 0.00174. The van der Waals surface area contributed by atoms with Crippen LogP contribution in [0.1, 0.15) is 116 Å². The minimum atomic E-state index is -1.63. The molecule has 9 unspecified atom stereocenters. The van der Waals surface area contributed by atoms with Gasteiger partial charge < -0.3 is 66.8 Å². The Bertz CT molecular complexity index is 2300. The van der Waals surface area contributed by atoms with Crippen LogP contribution in [-0.2, 0) is 68.7 Å². The quantitative estimate of drug-likeness (QED) is 0.0470. The number of amides is 8. The fourth-order valence-corrected chi connectivity index (χ4v) is 9.35. The SMILES string of the molecule is CCC(C)C(NC(=O)C1CCCN1C(=O)C(CCC(=O)O)NC(=O)C(Cc1ccccc1)NC(=O)CCC(=O)O)C(=O)N1CCCC1C(=O)NC(CCC(=O)O)C(=O)NC(CCC(=O)O)C(=O)N1CCCC1C(=O)O. The Balaban J connectivity index is 1.52. The van der Waals surface area contributed by atoms with Gasteiger partial charge in [0.1, 0.15) is 48.3 Å². The van der Waals surface area contributed by atoms with Crippen LogP contribution in [0.2, 0.25) is 0 Å². The van der Waals surface area contributed by atoms with Crippen molar-refractivity contribution in [1.82, 2.24) is 41.3 Å².